The second kappa shape index (κ2) is 8.50. The third-order valence-corrected chi connectivity index (χ3v) is 7.27. The van der Waals surface area contributed by atoms with Gasteiger partial charge in [0.2, 0.25) is 5.91 Å². The van der Waals surface area contributed by atoms with E-state index in [4.69, 9.17) is 23.2 Å². The topological polar surface area (TPSA) is 52.7 Å². The first-order valence-corrected chi connectivity index (χ1v) is 11.0. The van der Waals surface area contributed by atoms with E-state index in [9.17, 15) is 9.59 Å². The molecule has 0 aromatic heterocycles. The molecule has 2 aliphatic heterocycles. The van der Waals surface area contributed by atoms with Crippen LogP contribution in [0.3, 0.4) is 0 Å². The predicted octanol–water partition coefficient (Wildman–Crippen LogP) is 4.94. The molecule has 1 spiro atoms. The zero-order chi connectivity index (χ0) is 19.6. The first-order chi connectivity index (χ1) is 12.8. The number of piperidine rings is 1. The lowest BCUT2D eigenvalue weighted by Crippen LogP contribution is -2.54. The summed E-state index contributed by atoms with van der Waals surface area (Å²) in [7, 11) is 0. The van der Waals surface area contributed by atoms with Gasteiger partial charge in [-0.1, -0.05) is 43.1 Å². The molecule has 1 N–H and O–H groups in total. The maximum Gasteiger partial charge on any atom is 0.321 e. The number of amides is 3. The zero-order valence-corrected chi connectivity index (χ0v) is 18.0. The van der Waals surface area contributed by atoms with Crippen LogP contribution < -0.4 is 5.32 Å². The van der Waals surface area contributed by atoms with Gasteiger partial charge in [0.05, 0.1) is 20.6 Å². The molecule has 2 saturated heterocycles. The Kier molecular flexibility index (Phi) is 6.49. The summed E-state index contributed by atoms with van der Waals surface area (Å²) in [6, 6.07) is 4.93. The number of hydrogen-bond acceptors (Lipinski definition) is 3. The Labute approximate surface area is 174 Å². The van der Waals surface area contributed by atoms with Crippen LogP contribution in [-0.2, 0) is 4.79 Å². The number of nitrogens with zero attached hydrogens (tertiary/aromatic N) is 2. The molecule has 0 saturated carbocycles. The number of urea groups is 1. The Morgan fingerprint density at radius 1 is 1.19 bits per heavy atom. The standard InChI is InChI=1S/C19H25Cl2N3O2S/c1-13(2)12-16(25)24-10-11-27-19(24)6-8-23(9-7-19)18(26)22-17-14(20)4-3-5-15(17)21/h3-5,13H,6-12H2,1-2H3,(H,22,26). The van der Waals surface area contributed by atoms with Gasteiger partial charge in [-0.2, -0.15) is 0 Å². The number of anilines is 1. The van der Waals surface area contributed by atoms with Crippen molar-refractivity contribution in [3.05, 3.63) is 28.2 Å². The van der Waals surface area contributed by atoms with Crippen molar-refractivity contribution in [2.45, 2.75) is 38.0 Å². The second-order valence-electron chi connectivity index (χ2n) is 7.45. The van der Waals surface area contributed by atoms with Gasteiger partial charge >= 0.3 is 6.03 Å². The molecule has 1 aromatic carbocycles. The monoisotopic (exact) mass is 429 g/mol. The van der Waals surface area contributed by atoms with E-state index in [1.807, 2.05) is 11.8 Å². The Morgan fingerprint density at radius 2 is 1.81 bits per heavy atom. The van der Waals surface area contributed by atoms with Crippen molar-refractivity contribution in [3.8, 4) is 0 Å². The molecule has 148 valence electrons. The van der Waals surface area contributed by atoms with E-state index < -0.39 is 0 Å². The lowest BCUT2D eigenvalue weighted by Gasteiger charge is -2.44. The third-order valence-electron chi connectivity index (χ3n) is 5.09. The SMILES string of the molecule is CC(C)CC(=O)N1CCSC12CCN(C(=O)Nc1c(Cl)cccc1Cl)CC2. The third kappa shape index (κ3) is 4.49. The Morgan fingerprint density at radius 3 is 2.41 bits per heavy atom. The molecular formula is C19H25Cl2N3O2S. The maximum absolute atomic E-state index is 12.7. The summed E-state index contributed by atoms with van der Waals surface area (Å²) in [5.41, 5.74) is 0.440. The van der Waals surface area contributed by atoms with Crippen molar-refractivity contribution in [2.24, 2.45) is 5.92 Å². The van der Waals surface area contributed by atoms with Crippen LogP contribution in [0, 0.1) is 5.92 Å². The summed E-state index contributed by atoms with van der Waals surface area (Å²) in [6.07, 6.45) is 2.15. The summed E-state index contributed by atoms with van der Waals surface area (Å²) in [4.78, 5) is 29.0. The van der Waals surface area contributed by atoms with Gasteiger partial charge in [-0.15, -0.1) is 11.8 Å². The van der Waals surface area contributed by atoms with Gasteiger partial charge in [-0.05, 0) is 30.9 Å². The molecule has 1 aromatic rings. The van der Waals surface area contributed by atoms with Gasteiger partial charge in [0.25, 0.3) is 0 Å². The van der Waals surface area contributed by atoms with Crippen LogP contribution in [0.15, 0.2) is 18.2 Å². The quantitative estimate of drug-likeness (QED) is 0.739. The molecule has 0 radical (unpaired) electrons. The fraction of sp³-hybridized carbons (Fsp3) is 0.579. The maximum atomic E-state index is 12.7. The van der Waals surface area contributed by atoms with Crippen molar-refractivity contribution in [3.63, 3.8) is 0 Å². The molecule has 5 nitrogen and oxygen atoms in total. The summed E-state index contributed by atoms with van der Waals surface area (Å²) in [5, 5.41) is 3.66. The molecule has 0 atom stereocenters. The summed E-state index contributed by atoms with van der Waals surface area (Å²) in [6.45, 7) is 6.15. The van der Waals surface area contributed by atoms with Crippen LogP contribution in [0.2, 0.25) is 10.0 Å². The molecule has 2 heterocycles. The van der Waals surface area contributed by atoms with Gasteiger partial charge in [0.1, 0.15) is 0 Å². The highest BCUT2D eigenvalue weighted by atomic mass is 35.5. The number of carbonyl (C=O) groups is 2. The molecule has 3 rings (SSSR count). The number of nitrogens with one attached hydrogen (secondary N) is 1. The largest absolute Gasteiger partial charge is 0.327 e. The highest BCUT2D eigenvalue weighted by Crippen LogP contribution is 2.44. The number of likely N-dealkylation sites (tertiary alicyclic amines) is 1. The minimum atomic E-state index is -0.206. The molecule has 8 heteroatoms. The van der Waals surface area contributed by atoms with Crippen molar-refractivity contribution in [2.75, 3.05) is 30.7 Å². The van der Waals surface area contributed by atoms with E-state index in [0.29, 0.717) is 41.2 Å². The highest BCUT2D eigenvalue weighted by Gasteiger charge is 2.46. The number of rotatable bonds is 3. The Hall–Kier alpha value is -1.11. The van der Waals surface area contributed by atoms with Crippen LogP contribution in [0.1, 0.15) is 33.1 Å². The molecule has 2 aliphatic rings. The van der Waals surface area contributed by atoms with Gasteiger partial charge in [0.15, 0.2) is 0 Å². The Bertz CT molecular complexity index is 701. The van der Waals surface area contributed by atoms with Crippen molar-refractivity contribution >= 4 is 52.6 Å². The van der Waals surface area contributed by atoms with Gasteiger partial charge in [-0.3, -0.25) is 4.79 Å². The average molecular weight is 430 g/mol. The molecular weight excluding hydrogens is 405 g/mol. The number of para-hydroxylation sites is 1. The van der Waals surface area contributed by atoms with Gasteiger partial charge < -0.3 is 15.1 Å². The van der Waals surface area contributed by atoms with E-state index in [2.05, 4.69) is 24.1 Å². The van der Waals surface area contributed by atoms with Crippen LogP contribution in [0.25, 0.3) is 0 Å². The van der Waals surface area contributed by atoms with Crippen molar-refractivity contribution in [1.29, 1.82) is 0 Å². The summed E-state index contributed by atoms with van der Waals surface area (Å²) < 4.78 is 0. The van der Waals surface area contributed by atoms with Gasteiger partial charge in [-0.25, -0.2) is 4.79 Å². The molecule has 0 bridgehead atoms. The number of halogens is 2. The smallest absolute Gasteiger partial charge is 0.321 e. The summed E-state index contributed by atoms with van der Waals surface area (Å²) in [5.74, 6) is 1.55. The number of carbonyl (C=O) groups excluding carboxylic acids is 2. The fourth-order valence-corrected chi connectivity index (χ4v) is 5.66. The van der Waals surface area contributed by atoms with Crippen LogP contribution in [0.5, 0.6) is 0 Å². The van der Waals surface area contributed by atoms with Crippen molar-refractivity contribution in [1.82, 2.24) is 9.80 Å². The molecule has 0 aliphatic carbocycles. The van der Waals surface area contributed by atoms with Gasteiger partial charge in [0, 0.05) is 31.8 Å². The normalized spacial score (nSPS) is 19.0. The number of thioether (sulfide) groups is 1. The van der Waals surface area contributed by atoms with Crippen LogP contribution >= 0.6 is 35.0 Å². The summed E-state index contributed by atoms with van der Waals surface area (Å²) >= 11 is 14.1. The number of hydrogen-bond donors (Lipinski definition) is 1. The first-order valence-electron chi connectivity index (χ1n) is 9.27. The van der Waals surface area contributed by atoms with E-state index in [-0.39, 0.29) is 16.8 Å². The minimum Gasteiger partial charge on any atom is -0.327 e. The lowest BCUT2D eigenvalue weighted by atomic mass is 10.0. The molecule has 2 fully saturated rings. The number of benzene rings is 1. The van der Waals surface area contributed by atoms with Crippen molar-refractivity contribution < 1.29 is 9.59 Å². The molecule has 27 heavy (non-hydrogen) atoms. The zero-order valence-electron chi connectivity index (χ0n) is 15.6. The lowest BCUT2D eigenvalue weighted by molar-refractivity contribution is -0.135. The van der Waals surface area contributed by atoms with E-state index >= 15 is 0 Å². The van der Waals surface area contributed by atoms with Crippen LogP contribution in [-0.4, -0.2) is 52.0 Å². The van der Waals surface area contributed by atoms with E-state index in [1.54, 1.807) is 23.1 Å². The highest BCUT2D eigenvalue weighted by molar-refractivity contribution is 8.00. The van der Waals surface area contributed by atoms with Crippen LogP contribution in [0.4, 0.5) is 10.5 Å². The average Bonchev–Trinajstić information content (AvgIpc) is 3.01. The first kappa shape index (κ1) is 20.6. The molecule has 3 amide bonds. The second-order valence-corrected chi connectivity index (χ2v) is 9.72. The molecule has 0 unspecified atom stereocenters. The minimum absolute atomic E-state index is 0.162. The predicted molar refractivity (Wildman–Crippen MR) is 113 cm³/mol. The van der Waals surface area contributed by atoms with E-state index in [0.717, 1.165) is 25.1 Å². The van der Waals surface area contributed by atoms with E-state index in [1.165, 1.54) is 0 Å². The Balaban J connectivity index is 1.62. The fourth-order valence-electron chi connectivity index (χ4n) is 3.70.